The standard InChI is InChI=1S/C28H40N6O6/c1-28(2,3)40-27(38)29-12-5-6-13-33-14-16-34(17-15-33)23(36)18-39-21-9-7-8-19-24(31-32(4)25(19)21)20-10-11-22(35)30-26(20)37/h7-9,20H,5-6,10-18H2,1-4H3,(H,29,38)(H,30,35,37). The number of fused-ring (bicyclic) bond motifs is 1. The minimum absolute atomic E-state index is 0.0780. The molecule has 218 valence electrons. The molecule has 2 N–H and O–H groups in total. The van der Waals surface area contributed by atoms with E-state index >= 15 is 0 Å². The number of piperazine rings is 1. The van der Waals surface area contributed by atoms with Gasteiger partial charge in [0.2, 0.25) is 11.8 Å². The molecule has 12 heteroatoms. The lowest BCUT2D eigenvalue weighted by Crippen LogP contribution is -2.50. The van der Waals surface area contributed by atoms with Crippen molar-refractivity contribution in [2.75, 3.05) is 45.9 Å². The quantitative estimate of drug-likeness (QED) is 0.353. The number of ether oxygens (including phenoxy) is 2. The van der Waals surface area contributed by atoms with E-state index < -0.39 is 17.6 Å². The molecule has 1 aromatic heterocycles. The summed E-state index contributed by atoms with van der Waals surface area (Å²) in [6.45, 7) is 9.75. The molecule has 1 aromatic carbocycles. The van der Waals surface area contributed by atoms with Crippen LogP contribution in [0.4, 0.5) is 4.79 Å². The maximum atomic E-state index is 12.9. The predicted octanol–water partition coefficient (Wildman–Crippen LogP) is 1.92. The summed E-state index contributed by atoms with van der Waals surface area (Å²) in [5, 5.41) is 10.5. The van der Waals surface area contributed by atoms with E-state index in [-0.39, 0.29) is 30.7 Å². The molecule has 0 saturated carbocycles. The zero-order valence-electron chi connectivity index (χ0n) is 23.8. The van der Waals surface area contributed by atoms with Crippen LogP contribution < -0.4 is 15.4 Å². The van der Waals surface area contributed by atoms with Crippen molar-refractivity contribution in [1.29, 1.82) is 0 Å². The van der Waals surface area contributed by atoms with Crippen LogP contribution in [0.2, 0.25) is 0 Å². The SMILES string of the molecule is Cn1nc(C2CCC(=O)NC2=O)c2cccc(OCC(=O)N3CCN(CCCCNC(=O)OC(C)(C)C)CC3)c21. The molecule has 12 nitrogen and oxygen atoms in total. The monoisotopic (exact) mass is 556 g/mol. The van der Waals surface area contributed by atoms with E-state index in [9.17, 15) is 19.2 Å². The molecule has 4 rings (SSSR count). The maximum Gasteiger partial charge on any atom is 0.407 e. The van der Waals surface area contributed by atoms with E-state index in [4.69, 9.17) is 9.47 Å². The topological polar surface area (TPSA) is 135 Å². The first-order valence-corrected chi connectivity index (χ1v) is 13.9. The number of carbonyl (C=O) groups excluding carboxylic acids is 4. The average Bonchev–Trinajstić information content (AvgIpc) is 3.23. The summed E-state index contributed by atoms with van der Waals surface area (Å²) < 4.78 is 12.9. The Morgan fingerprint density at radius 3 is 2.58 bits per heavy atom. The highest BCUT2D eigenvalue weighted by Crippen LogP contribution is 2.34. The Morgan fingerprint density at radius 2 is 1.88 bits per heavy atom. The summed E-state index contributed by atoms with van der Waals surface area (Å²) >= 11 is 0. The van der Waals surface area contributed by atoms with Crippen molar-refractivity contribution in [1.82, 2.24) is 30.2 Å². The van der Waals surface area contributed by atoms with Crippen molar-refractivity contribution in [2.45, 2.75) is 58.0 Å². The van der Waals surface area contributed by atoms with E-state index in [0.717, 1.165) is 37.9 Å². The lowest BCUT2D eigenvalue weighted by Gasteiger charge is -2.34. The molecular weight excluding hydrogens is 516 g/mol. The van der Waals surface area contributed by atoms with Gasteiger partial charge in [-0.1, -0.05) is 12.1 Å². The third kappa shape index (κ3) is 7.50. The Hall–Kier alpha value is -3.67. The zero-order chi connectivity index (χ0) is 28.9. The van der Waals surface area contributed by atoms with Crippen molar-refractivity contribution < 1.29 is 28.7 Å². The number of hydrogen-bond acceptors (Lipinski definition) is 8. The number of benzene rings is 1. The molecule has 0 spiro atoms. The molecule has 3 heterocycles. The normalized spacial score (nSPS) is 18.5. The molecule has 2 saturated heterocycles. The first kappa shape index (κ1) is 29.3. The first-order valence-electron chi connectivity index (χ1n) is 13.9. The van der Waals surface area contributed by atoms with Gasteiger partial charge in [0.1, 0.15) is 16.9 Å². The van der Waals surface area contributed by atoms with Crippen molar-refractivity contribution in [3.8, 4) is 5.75 Å². The molecule has 0 bridgehead atoms. The lowest BCUT2D eigenvalue weighted by atomic mass is 9.93. The number of carbonyl (C=O) groups is 4. The number of amides is 4. The number of nitrogens with zero attached hydrogens (tertiary/aromatic N) is 4. The Kier molecular flexibility index (Phi) is 9.28. The highest BCUT2D eigenvalue weighted by molar-refractivity contribution is 6.03. The Labute approximate surface area is 234 Å². The van der Waals surface area contributed by atoms with Gasteiger partial charge < -0.3 is 19.7 Å². The Bertz CT molecular complexity index is 1240. The van der Waals surface area contributed by atoms with Gasteiger partial charge in [-0.2, -0.15) is 5.10 Å². The minimum Gasteiger partial charge on any atom is -0.481 e. The van der Waals surface area contributed by atoms with Crippen LogP contribution >= 0.6 is 0 Å². The van der Waals surface area contributed by atoms with Gasteiger partial charge in [0.25, 0.3) is 5.91 Å². The fourth-order valence-electron chi connectivity index (χ4n) is 5.07. The van der Waals surface area contributed by atoms with Crippen LogP contribution in [0.25, 0.3) is 10.9 Å². The van der Waals surface area contributed by atoms with Gasteiger partial charge in [-0.15, -0.1) is 0 Å². The first-order chi connectivity index (χ1) is 19.0. The predicted molar refractivity (Wildman–Crippen MR) is 148 cm³/mol. The van der Waals surface area contributed by atoms with Crippen molar-refractivity contribution >= 4 is 34.7 Å². The molecule has 1 unspecified atom stereocenters. The Morgan fingerprint density at radius 1 is 1.12 bits per heavy atom. The number of rotatable bonds is 9. The number of aryl methyl sites for hydroxylation is 1. The molecular formula is C28H40N6O6. The summed E-state index contributed by atoms with van der Waals surface area (Å²) in [4.78, 5) is 52.8. The van der Waals surface area contributed by atoms with E-state index in [1.807, 2.05) is 37.8 Å². The van der Waals surface area contributed by atoms with Gasteiger partial charge in [0.05, 0.1) is 11.6 Å². The molecule has 2 aliphatic heterocycles. The molecule has 2 aliphatic rings. The van der Waals surface area contributed by atoms with Gasteiger partial charge in [-0.05, 0) is 52.6 Å². The second-order valence-electron chi connectivity index (χ2n) is 11.3. The van der Waals surface area contributed by atoms with Crippen LogP contribution in [-0.2, 0) is 26.2 Å². The van der Waals surface area contributed by atoms with Crippen molar-refractivity contribution in [3.05, 3.63) is 23.9 Å². The number of para-hydroxylation sites is 1. The minimum atomic E-state index is -0.504. The number of unbranched alkanes of at least 4 members (excludes halogenated alkanes) is 1. The van der Waals surface area contributed by atoms with Crippen LogP contribution in [0.1, 0.15) is 58.1 Å². The summed E-state index contributed by atoms with van der Waals surface area (Å²) in [5.41, 5.74) is 0.816. The summed E-state index contributed by atoms with van der Waals surface area (Å²) in [7, 11) is 1.78. The summed E-state index contributed by atoms with van der Waals surface area (Å²) in [6.07, 6.45) is 2.10. The van der Waals surface area contributed by atoms with Gasteiger partial charge in [0.15, 0.2) is 6.61 Å². The molecule has 2 aromatic rings. The van der Waals surface area contributed by atoms with Crippen LogP contribution in [0.3, 0.4) is 0 Å². The molecule has 0 radical (unpaired) electrons. The summed E-state index contributed by atoms with van der Waals surface area (Å²) in [6, 6.07) is 5.49. The third-order valence-electron chi connectivity index (χ3n) is 7.07. The van der Waals surface area contributed by atoms with Crippen molar-refractivity contribution in [2.24, 2.45) is 7.05 Å². The van der Waals surface area contributed by atoms with E-state index in [2.05, 4.69) is 20.6 Å². The van der Waals surface area contributed by atoms with Crippen LogP contribution in [0.15, 0.2) is 18.2 Å². The zero-order valence-corrected chi connectivity index (χ0v) is 23.8. The molecule has 2 fully saturated rings. The average molecular weight is 557 g/mol. The van der Waals surface area contributed by atoms with Gasteiger partial charge in [0, 0.05) is 51.6 Å². The fraction of sp³-hybridized carbons (Fsp3) is 0.607. The molecule has 4 amide bonds. The number of alkyl carbamates (subject to hydrolysis) is 1. The Balaban J connectivity index is 1.22. The molecule has 0 aliphatic carbocycles. The van der Waals surface area contributed by atoms with Gasteiger partial charge in [-0.25, -0.2) is 4.79 Å². The van der Waals surface area contributed by atoms with E-state index in [0.29, 0.717) is 43.0 Å². The van der Waals surface area contributed by atoms with Crippen LogP contribution in [-0.4, -0.2) is 94.9 Å². The van der Waals surface area contributed by atoms with Crippen LogP contribution in [0.5, 0.6) is 5.75 Å². The number of hydrogen-bond donors (Lipinski definition) is 2. The van der Waals surface area contributed by atoms with E-state index in [1.165, 1.54) is 0 Å². The highest BCUT2D eigenvalue weighted by atomic mass is 16.6. The fourth-order valence-corrected chi connectivity index (χ4v) is 5.07. The third-order valence-corrected chi connectivity index (χ3v) is 7.07. The number of imide groups is 1. The number of aromatic nitrogens is 2. The molecule has 1 atom stereocenters. The number of piperidine rings is 1. The van der Waals surface area contributed by atoms with Gasteiger partial charge in [-0.3, -0.25) is 29.3 Å². The van der Waals surface area contributed by atoms with E-state index in [1.54, 1.807) is 17.8 Å². The lowest BCUT2D eigenvalue weighted by molar-refractivity contribution is -0.135. The smallest absolute Gasteiger partial charge is 0.407 e. The van der Waals surface area contributed by atoms with Gasteiger partial charge >= 0.3 is 6.09 Å². The molecule has 40 heavy (non-hydrogen) atoms. The summed E-state index contributed by atoms with van der Waals surface area (Å²) in [5.74, 6) is -0.661. The van der Waals surface area contributed by atoms with Crippen LogP contribution in [0, 0.1) is 0 Å². The largest absolute Gasteiger partial charge is 0.481 e. The second-order valence-corrected chi connectivity index (χ2v) is 11.3. The maximum absolute atomic E-state index is 12.9. The second kappa shape index (κ2) is 12.7. The highest BCUT2D eigenvalue weighted by Gasteiger charge is 2.32. The van der Waals surface area contributed by atoms with Crippen molar-refractivity contribution in [3.63, 3.8) is 0 Å². The number of nitrogens with one attached hydrogen (secondary N) is 2.